The summed E-state index contributed by atoms with van der Waals surface area (Å²) in [6, 6.07) is 0. The van der Waals surface area contributed by atoms with E-state index >= 15 is 0 Å². The van der Waals surface area contributed by atoms with Gasteiger partial charge in [-0.15, -0.1) is 0 Å². The monoisotopic (exact) mass is 268 g/mol. The van der Waals surface area contributed by atoms with Crippen LogP contribution in [0.5, 0.6) is 0 Å². The van der Waals surface area contributed by atoms with Gasteiger partial charge in [0.25, 0.3) is 0 Å². The predicted molar refractivity (Wildman–Crippen MR) is 71.6 cm³/mol. The Balaban J connectivity index is 2.08. The molecule has 0 aromatic heterocycles. The summed E-state index contributed by atoms with van der Waals surface area (Å²) in [6.07, 6.45) is 5.16. The molecule has 1 heterocycles. The average Bonchev–Trinajstić information content (AvgIpc) is 2.52. The van der Waals surface area contributed by atoms with Crippen LogP contribution in [0.25, 0.3) is 0 Å². The number of carbonyl (C=O) groups is 2. The molecule has 1 saturated heterocycles. The fourth-order valence-corrected chi connectivity index (χ4v) is 3.05. The van der Waals surface area contributed by atoms with Crippen LogP contribution in [-0.4, -0.2) is 48.6 Å². The minimum absolute atomic E-state index is 0.00848. The number of nitrogens with zero attached hydrogens (tertiary/aromatic N) is 1. The van der Waals surface area contributed by atoms with Gasteiger partial charge in [0.05, 0.1) is 6.61 Å². The van der Waals surface area contributed by atoms with E-state index in [1.54, 1.807) is 4.90 Å². The van der Waals surface area contributed by atoms with E-state index in [4.69, 9.17) is 4.74 Å². The summed E-state index contributed by atoms with van der Waals surface area (Å²) < 4.78 is 5.33. The summed E-state index contributed by atoms with van der Waals surface area (Å²) in [5.74, 6) is 0.104. The van der Waals surface area contributed by atoms with Gasteiger partial charge in [0.15, 0.2) is 0 Å². The Morgan fingerprint density at radius 1 is 1.26 bits per heavy atom. The van der Waals surface area contributed by atoms with Crippen molar-refractivity contribution in [2.24, 2.45) is 0 Å². The van der Waals surface area contributed by atoms with E-state index in [-0.39, 0.29) is 11.8 Å². The Morgan fingerprint density at radius 3 is 2.68 bits per heavy atom. The van der Waals surface area contributed by atoms with Crippen molar-refractivity contribution in [3.63, 3.8) is 0 Å². The van der Waals surface area contributed by atoms with Crippen molar-refractivity contribution < 1.29 is 14.3 Å². The minimum atomic E-state index is -0.627. The molecule has 1 aliphatic heterocycles. The second-order valence-corrected chi connectivity index (χ2v) is 5.43. The normalized spacial score (nSPS) is 23.3. The summed E-state index contributed by atoms with van der Waals surface area (Å²) in [5.41, 5.74) is -0.627. The van der Waals surface area contributed by atoms with Gasteiger partial charge in [-0.1, -0.05) is 19.3 Å². The van der Waals surface area contributed by atoms with Gasteiger partial charge >= 0.3 is 0 Å². The van der Waals surface area contributed by atoms with Crippen LogP contribution in [0.4, 0.5) is 0 Å². The van der Waals surface area contributed by atoms with Gasteiger partial charge in [0, 0.05) is 26.1 Å². The van der Waals surface area contributed by atoms with E-state index in [0.717, 1.165) is 32.1 Å². The highest BCUT2D eigenvalue weighted by atomic mass is 16.5. The fraction of sp³-hybridized carbons (Fsp3) is 0.857. The van der Waals surface area contributed by atoms with E-state index in [1.807, 2.05) is 6.92 Å². The first-order valence-corrected chi connectivity index (χ1v) is 7.36. The lowest BCUT2D eigenvalue weighted by atomic mass is 9.80. The number of hydrogen-bond acceptors (Lipinski definition) is 3. The molecule has 1 saturated carbocycles. The third-order valence-electron chi connectivity index (χ3n) is 4.10. The summed E-state index contributed by atoms with van der Waals surface area (Å²) in [7, 11) is 0. The maximum Gasteiger partial charge on any atom is 0.248 e. The Hall–Kier alpha value is -1.10. The molecule has 19 heavy (non-hydrogen) atoms. The van der Waals surface area contributed by atoms with Crippen LogP contribution in [0.3, 0.4) is 0 Å². The quantitative estimate of drug-likeness (QED) is 0.776. The molecule has 1 spiro atoms. The van der Waals surface area contributed by atoms with Crippen LogP contribution in [0.15, 0.2) is 0 Å². The zero-order valence-electron chi connectivity index (χ0n) is 11.7. The van der Waals surface area contributed by atoms with Crippen LogP contribution < -0.4 is 5.32 Å². The van der Waals surface area contributed by atoms with Gasteiger partial charge in [-0.25, -0.2) is 0 Å². The first-order valence-electron chi connectivity index (χ1n) is 7.36. The Kier molecular flexibility index (Phi) is 4.80. The molecule has 108 valence electrons. The van der Waals surface area contributed by atoms with Crippen LogP contribution in [0.2, 0.25) is 0 Å². The van der Waals surface area contributed by atoms with Crippen molar-refractivity contribution >= 4 is 11.8 Å². The Labute approximate surface area is 114 Å². The van der Waals surface area contributed by atoms with E-state index in [0.29, 0.717) is 32.7 Å². The average molecular weight is 268 g/mol. The molecule has 2 aliphatic rings. The van der Waals surface area contributed by atoms with Crippen molar-refractivity contribution in [2.75, 3.05) is 26.3 Å². The number of amides is 2. The molecule has 0 atom stereocenters. The second kappa shape index (κ2) is 6.37. The number of ether oxygens (including phenoxy) is 1. The molecular weight excluding hydrogens is 244 g/mol. The second-order valence-electron chi connectivity index (χ2n) is 5.43. The van der Waals surface area contributed by atoms with E-state index < -0.39 is 5.54 Å². The molecule has 2 rings (SSSR count). The van der Waals surface area contributed by atoms with Crippen molar-refractivity contribution in [3.05, 3.63) is 0 Å². The third kappa shape index (κ3) is 3.26. The van der Waals surface area contributed by atoms with Crippen LogP contribution in [0, 0.1) is 0 Å². The fourth-order valence-electron chi connectivity index (χ4n) is 3.05. The molecule has 0 aromatic rings. The Morgan fingerprint density at radius 2 is 2.00 bits per heavy atom. The zero-order chi connectivity index (χ0) is 13.7. The summed E-state index contributed by atoms with van der Waals surface area (Å²) in [4.78, 5) is 26.4. The van der Waals surface area contributed by atoms with Gasteiger partial charge in [-0.2, -0.15) is 0 Å². The third-order valence-corrected chi connectivity index (χ3v) is 4.10. The standard InChI is InChI=1S/C14H24N2O3/c1-2-19-11-10-16-9-6-12(17)15-14(13(16)18)7-4-3-5-8-14/h2-11H2,1H3,(H,15,17). The lowest BCUT2D eigenvalue weighted by molar-refractivity contribution is -0.141. The molecule has 5 heteroatoms. The van der Waals surface area contributed by atoms with Gasteiger partial charge < -0.3 is 15.0 Å². The summed E-state index contributed by atoms with van der Waals surface area (Å²) in [6.45, 7) is 4.25. The highest BCUT2D eigenvalue weighted by Crippen LogP contribution is 2.31. The SMILES string of the molecule is CCOCCN1CCC(=O)NC2(CCCCC2)C1=O. The van der Waals surface area contributed by atoms with E-state index in [2.05, 4.69) is 5.32 Å². The first-order chi connectivity index (χ1) is 9.18. The molecule has 0 unspecified atom stereocenters. The van der Waals surface area contributed by atoms with Crippen LogP contribution in [-0.2, 0) is 14.3 Å². The zero-order valence-corrected chi connectivity index (χ0v) is 11.7. The van der Waals surface area contributed by atoms with Crippen molar-refractivity contribution in [2.45, 2.75) is 51.0 Å². The maximum atomic E-state index is 12.7. The van der Waals surface area contributed by atoms with Gasteiger partial charge in [0.2, 0.25) is 11.8 Å². The summed E-state index contributed by atoms with van der Waals surface area (Å²) >= 11 is 0. The lowest BCUT2D eigenvalue weighted by Gasteiger charge is -2.38. The summed E-state index contributed by atoms with van der Waals surface area (Å²) in [5, 5.41) is 2.99. The van der Waals surface area contributed by atoms with Gasteiger partial charge in [0.1, 0.15) is 5.54 Å². The highest BCUT2D eigenvalue weighted by molar-refractivity contribution is 5.93. The lowest BCUT2D eigenvalue weighted by Crippen LogP contribution is -2.58. The van der Waals surface area contributed by atoms with E-state index in [1.165, 1.54) is 0 Å². The molecule has 1 aliphatic carbocycles. The number of nitrogens with one attached hydrogen (secondary N) is 1. The molecular formula is C14H24N2O3. The molecule has 5 nitrogen and oxygen atoms in total. The van der Waals surface area contributed by atoms with Crippen molar-refractivity contribution in [1.82, 2.24) is 10.2 Å². The smallest absolute Gasteiger partial charge is 0.248 e. The predicted octanol–water partition coefficient (Wildman–Crippen LogP) is 1.07. The molecule has 0 aromatic carbocycles. The van der Waals surface area contributed by atoms with Crippen LogP contribution >= 0.6 is 0 Å². The number of rotatable bonds is 4. The minimum Gasteiger partial charge on any atom is -0.380 e. The molecule has 2 fully saturated rings. The number of carbonyl (C=O) groups excluding carboxylic acids is 2. The first kappa shape index (κ1) is 14.3. The van der Waals surface area contributed by atoms with Gasteiger partial charge in [-0.05, 0) is 19.8 Å². The molecule has 1 N–H and O–H groups in total. The Bertz CT molecular complexity index is 338. The molecule has 0 radical (unpaired) electrons. The molecule has 0 bridgehead atoms. The van der Waals surface area contributed by atoms with Crippen LogP contribution in [0.1, 0.15) is 45.4 Å². The maximum absolute atomic E-state index is 12.7. The number of hydrogen-bond donors (Lipinski definition) is 1. The molecule has 2 amide bonds. The topological polar surface area (TPSA) is 58.6 Å². The van der Waals surface area contributed by atoms with Crippen molar-refractivity contribution in [3.8, 4) is 0 Å². The highest BCUT2D eigenvalue weighted by Gasteiger charge is 2.44. The van der Waals surface area contributed by atoms with Crippen molar-refractivity contribution in [1.29, 1.82) is 0 Å². The largest absolute Gasteiger partial charge is 0.380 e. The van der Waals surface area contributed by atoms with E-state index in [9.17, 15) is 9.59 Å². The van der Waals surface area contributed by atoms with Gasteiger partial charge in [-0.3, -0.25) is 9.59 Å².